The van der Waals surface area contributed by atoms with Crippen molar-refractivity contribution in [1.29, 1.82) is 0 Å². The Labute approximate surface area is 107 Å². The van der Waals surface area contributed by atoms with Crippen molar-refractivity contribution in [3.05, 3.63) is 0 Å². The van der Waals surface area contributed by atoms with Crippen molar-refractivity contribution in [2.75, 3.05) is 33.3 Å². The van der Waals surface area contributed by atoms with Crippen molar-refractivity contribution in [3.63, 3.8) is 0 Å². The maximum absolute atomic E-state index is 5.70. The maximum Gasteiger partial charge on any atom is 0.0700 e. The normalized spacial score (nSPS) is 24.9. The molecule has 0 spiro atoms. The molecule has 1 aliphatic heterocycles. The van der Waals surface area contributed by atoms with E-state index in [9.17, 15) is 0 Å². The molecule has 2 unspecified atom stereocenters. The fourth-order valence-corrected chi connectivity index (χ4v) is 2.55. The van der Waals surface area contributed by atoms with Gasteiger partial charge in [0, 0.05) is 19.1 Å². The van der Waals surface area contributed by atoms with Gasteiger partial charge in [-0.2, -0.15) is 0 Å². The van der Waals surface area contributed by atoms with Crippen molar-refractivity contribution in [2.24, 2.45) is 5.41 Å². The van der Waals surface area contributed by atoms with Crippen molar-refractivity contribution < 1.29 is 4.74 Å². The van der Waals surface area contributed by atoms with Crippen molar-refractivity contribution in [3.8, 4) is 0 Å². The largest absolute Gasteiger partial charge is 0.376 e. The second-order valence-corrected chi connectivity index (χ2v) is 6.20. The highest BCUT2D eigenvalue weighted by Gasteiger charge is 2.25. The third kappa shape index (κ3) is 4.94. The smallest absolute Gasteiger partial charge is 0.0700 e. The monoisotopic (exact) mass is 242 g/mol. The van der Waals surface area contributed by atoms with Crippen LogP contribution in [0.4, 0.5) is 0 Å². The Bertz CT molecular complexity index is 213. The lowest BCUT2D eigenvalue weighted by Crippen LogP contribution is -2.46. The van der Waals surface area contributed by atoms with Gasteiger partial charge in [-0.05, 0) is 31.8 Å². The van der Waals surface area contributed by atoms with Gasteiger partial charge in [-0.25, -0.2) is 0 Å². The van der Waals surface area contributed by atoms with Crippen LogP contribution >= 0.6 is 0 Å². The number of ether oxygens (including phenoxy) is 1. The topological polar surface area (TPSA) is 24.5 Å². The van der Waals surface area contributed by atoms with E-state index in [2.05, 4.69) is 45.0 Å². The van der Waals surface area contributed by atoms with E-state index < -0.39 is 0 Å². The van der Waals surface area contributed by atoms with Gasteiger partial charge in [0.25, 0.3) is 0 Å². The molecule has 0 saturated carbocycles. The fraction of sp³-hybridized carbons (Fsp3) is 1.00. The third-order valence-electron chi connectivity index (χ3n) is 3.81. The summed E-state index contributed by atoms with van der Waals surface area (Å²) in [6.07, 6.45) is 2.80. The molecule has 1 saturated heterocycles. The first kappa shape index (κ1) is 14.9. The van der Waals surface area contributed by atoms with E-state index in [1.807, 2.05) is 0 Å². The predicted molar refractivity (Wildman–Crippen MR) is 73.4 cm³/mol. The lowest BCUT2D eigenvalue weighted by molar-refractivity contribution is -0.0313. The van der Waals surface area contributed by atoms with Gasteiger partial charge in [-0.3, -0.25) is 4.90 Å². The molecule has 0 radical (unpaired) electrons. The van der Waals surface area contributed by atoms with Crippen LogP contribution in [0.3, 0.4) is 0 Å². The molecule has 1 fully saturated rings. The quantitative estimate of drug-likeness (QED) is 0.799. The summed E-state index contributed by atoms with van der Waals surface area (Å²) in [5, 5.41) is 3.45. The summed E-state index contributed by atoms with van der Waals surface area (Å²) in [4.78, 5) is 2.55. The van der Waals surface area contributed by atoms with Crippen LogP contribution in [0, 0.1) is 5.41 Å². The highest BCUT2D eigenvalue weighted by molar-refractivity contribution is 4.81. The summed E-state index contributed by atoms with van der Waals surface area (Å²) in [5.74, 6) is 0. The number of nitrogens with zero attached hydrogens (tertiary/aromatic N) is 1. The first-order valence-electron chi connectivity index (χ1n) is 6.98. The number of nitrogens with one attached hydrogen (secondary N) is 1. The van der Waals surface area contributed by atoms with E-state index in [0.29, 0.717) is 17.6 Å². The van der Waals surface area contributed by atoms with E-state index in [1.165, 1.54) is 13.0 Å². The number of hydrogen-bond acceptors (Lipinski definition) is 3. The Morgan fingerprint density at radius 1 is 1.41 bits per heavy atom. The molecule has 0 aromatic carbocycles. The van der Waals surface area contributed by atoms with E-state index in [4.69, 9.17) is 4.74 Å². The van der Waals surface area contributed by atoms with Crippen LogP contribution in [-0.2, 0) is 4.74 Å². The third-order valence-corrected chi connectivity index (χ3v) is 3.81. The highest BCUT2D eigenvalue weighted by atomic mass is 16.5. The van der Waals surface area contributed by atoms with Crippen LogP contribution in [0.25, 0.3) is 0 Å². The summed E-state index contributed by atoms with van der Waals surface area (Å²) in [7, 11) is 2.07. The van der Waals surface area contributed by atoms with Gasteiger partial charge in [0.1, 0.15) is 0 Å². The predicted octanol–water partition coefficient (Wildman–Crippen LogP) is 2.12. The molecule has 0 aliphatic carbocycles. The Balaban J connectivity index is 2.34. The van der Waals surface area contributed by atoms with Crippen molar-refractivity contribution in [2.45, 2.75) is 52.7 Å². The van der Waals surface area contributed by atoms with Crippen molar-refractivity contribution in [1.82, 2.24) is 10.2 Å². The van der Waals surface area contributed by atoms with E-state index in [1.54, 1.807) is 0 Å². The molecule has 102 valence electrons. The van der Waals surface area contributed by atoms with Crippen LogP contribution in [0.2, 0.25) is 0 Å². The Hall–Kier alpha value is -0.120. The average molecular weight is 242 g/mol. The lowest BCUT2D eigenvalue weighted by atomic mass is 9.85. The molecule has 2 atom stereocenters. The van der Waals surface area contributed by atoms with Crippen LogP contribution in [0.5, 0.6) is 0 Å². The summed E-state index contributed by atoms with van der Waals surface area (Å²) in [6, 6.07) is 0.588. The average Bonchev–Trinajstić information content (AvgIpc) is 2.28. The van der Waals surface area contributed by atoms with Gasteiger partial charge in [-0.15, -0.1) is 0 Å². The van der Waals surface area contributed by atoms with Gasteiger partial charge in [-0.1, -0.05) is 27.7 Å². The Kier molecular flexibility index (Phi) is 5.90. The highest BCUT2D eigenvalue weighted by Crippen LogP contribution is 2.22. The van der Waals surface area contributed by atoms with Gasteiger partial charge >= 0.3 is 0 Å². The molecular weight excluding hydrogens is 212 g/mol. The standard InChI is InChI=1S/C14H30N2O/c1-6-12-11-16(9-10-17-12)8-7-13(15-5)14(2,3)4/h12-13,15H,6-11H2,1-5H3. The number of rotatable bonds is 5. The molecule has 3 nitrogen and oxygen atoms in total. The van der Waals surface area contributed by atoms with Crippen LogP contribution in [0.15, 0.2) is 0 Å². The molecule has 0 amide bonds. The van der Waals surface area contributed by atoms with E-state index >= 15 is 0 Å². The van der Waals surface area contributed by atoms with Crippen LogP contribution < -0.4 is 5.32 Å². The molecular formula is C14H30N2O. The summed E-state index contributed by atoms with van der Waals surface area (Å²) in [5.41, 5.74) is 0.338. The maximum atomic E-state index is 5.70. The summed E-state index contributed by atoms with van der Waals surface area (Å²) < 4.78 is 5.70. The zero-order valence-corrected chi connectivity index (χ0v) is 12.3. The number of morpholine rings is 1. The first-order chi connectivity index (χ1) is 7.97. The molecule has 1 aliphatic rings. The van der Waals surface area contributed by atoms with Gasteiger partial charge in [0.2, 0.25) is 0 Å². The second-order valence-electron chi connectivity index (χ2n) is 6.20. The van der Waals surface area contributed by atoms with E-state index in [-0.39, 0.29) is 0 Å². The summed E-state index contributed by atoms with van der Waals surface area (Å²) in [6.45, 7) is 13.4. The molecule has 1 heterocycles. The fourth-order valence-electron chi connectivity index (χ4n) is 2.55. The molecule has 0 aromatic heterocycles. The van der Waals surface area contributed by atoms with Gasteiger partial charge < -0.3 is 10.1 Å². The number of hydrogen-bond donors (Lipinski definition) is 1. The Morgan fingerprint density at radius 2 is 2.12 bits per heavy atom. The molecule has 17 heavy (non-hydrogen) atoms. The SMILES string of the molecule is CCC1CN(CCC(NC)C(C)(C)C)CCO1. The molecule has 3 heteroatoms. The van der Waals surface area contributed by atoms with E-state index in [0.717, 1.165) is 26.1 Å². The first-order valence-corrected chi connectivity index (χ1v) is 6.98. The molecule has 0 bridgehead atoms. The zero-order valence-electron chi connectivity index (χ0n) is 12.3. The minimum atomic E-state index is 0.338. The minimum absolute atomic E-state index is 0.338. The van der Waals surface area contributed by atoms with Crippen molar-refractivity contribution >= 4 is 0 Å². The molecule has 0 aromatic rings. The second kappa shape index (κ2) is 6.72. The molecule has 1 rings (SSSR count). The minimum Gasteiger partial charge on any atom is -0.376 e. The van der Waals surface area contributed by atoms with Crippen LogP contribution in [-0.4, -0.2) is 50.3 Å². The van der Waals surface area contributed by atoms with Crippen LogP contribution in [0.1, 0.15) is 40.5 Å². The summed E-state index contributed by atoms with van der Waals surface area (Å²) >= 11 is 0. The van der Waals surface area contributed by atoms with Gasteiger partial charge in [0.05, 0.1) is 12.7 Å². The lowest BCUT2D eigenvalue weighted by Gasteiger charge is -2.36. The molecule has 1 N–H and O–H groups in total. The Morgan fingerprint density at radius 3 is 2.65 bits per heavy atom. The van der Waals surface area contributed by atoms with Gasteiger partial charge in [0.15, 0.2) is 0 Å². The zero-order chi connectivity index (χ0) is 12.9.